The second-order valence-electron chi connectivity index (χ2n) is 8.73. The molecule has 1 heterocycles. The van der Waals surface area contributed by atoms with Crippen molar-refractivity contribution in [3.8, 4) is 0 Å². The van der Waals surface area contributed by atoms with Crippen LogP contribution < -0.4 is 15.5 Å². The molecule has 174 valence electrons. The van der Waals surface area contributed by atoms with Gasteiger partial charge in [-0.25, -0.2) is 13.8 Å². The van der Waals surface area contributed by atoms with Gasteiger partial charge in [-0.2, -0.15) is 0 Å². The highest BCUT2D eigenvalue weighted by Gasteiger charge is 2.24. The molecule has 4 rings (SSSR count). The first-order valence-electron chi connectivity index (χ1n) is 11.1. The fourth-order valence-electron chi connectivity index (χ4n) is 4.38. The summed E-state index contributed by atoms with van der Waals surface area (Å²) in [6, 6.07) is 12.3. The number of hydrogen-bond donors (Lipinski definition) is 2. The van der Waals surface area contributed by atoms with Crippen LogP contribution in [0.25, 0.3) is 10.9 Å². The molecule has 0 spiro atoms. The van der Waals surface area contributed by atoms with Crippen molar-refractivity contribution in [3.05, 3.63) is 64.7 Å². The zero-order chi connectivity index (χ0) is 23.5. The van der Waals surface area contributed by atoms with E-state index in [-0.39, 0.29) is 12.0 Å². The number of benzene rings is 2. The van der Waals surface area contributed by atoms with E-state index in [4.69, 9.17) is 16.6 Å². The minimum atomic E-state index is -0.827. The Bertz CT molecular complexity index is 1160. The molecule has 1 saturated carbocycles. The highest BCUT2D eigenvalue weighted by atomic mass is 35.5. The van der Waals surface area contributed by atoms with Gasteiger partial charge in [0.05, 0.1) is 16.1 Å². The first-order chi connectivity index (χ1) is 15.8. The minimum absolute atomic E-state index is 0.268. The van der Waals surface area contributed by atoms with Crippen molar-refractivity contribution in [3.63, 3.8) is 0 Å². The van der Waals surface area contributed by atoms with Crippen molar-refractivity contribution in [1.82, 2.24) is 10.3 Å². The lowest BCUT2D eigenvalue weighted by molar-refractivity contribution is 0.0939. The second kappa shape index (κ2) is 9.91. The highest BCUT2D eigenvalue weighted by molar-refractivity contribution is 6.34. The number of anilines is 2. The summed E-state index contributed by atoms with van der Waals surface area (Å²) in [4.78, 5) is 19.2. The predicted octanol–water partition coefficient (Wildman–Crippen LogP) is 5.63. The fourth-order valence-corrected chi connectivity index (χ4v) is 4.62. The van der Waals surface area contributed by atoms with Gasteiger partial charge >= 0.3 is 0 Å². The molecular weight excluding hydrogens is 446 g/mol. The Balaban J connectivity index is 1.34. The third-order valence-corrected chi connectivity index (χ3v) is 6.57. The lowest BCUT2D eigenvalue weighted by atomic mass is 9.86. The van der Waals surface area contributed by atoms with E-state index in [1.54, 1.807) is 0 Å². The zero-order valence-corrected chi connectivity index (χ0v) is 19.4. The van der Waals surface area contributed by atoms with Crippen LogP contribution in [0.5, 0.6) is 0 Å². The molecule has 0 aliphatic heterocycles. The highest BCUT2D eigenvalue weighted by Crippen LogP contribution is 2.30. The Labute approximate surface area is 197 Å². The molecule has 1 fully saturated rings. The van der Waals surface area contributed by atoms with Gasteiger partial charge < -0.3 is 15.5 Å². The van der Waals surface area contributed by atoms with Crippen LogP contribution in [0.4, 0.5) is 20.3 Å². The topological polar surface area (TPSA) is 57.3 Å². The molecule has 2 aromatic carbocycles. The monoisotopic (exact) mass is 472 g/mol. The number of amides is 1. The third-order valence-electron chi connectivity index (χ3n) is 6.20. The normalized spacial score (nSPS) is 18.2. The summed E-state index contributed by atoms with van der Waals surface area (Å²) in [5, 5.41) is 6.91. The summed E-state index contributed by atoms with van der Waals surface area (Å²) >= 11 is 5.78. The Kier molecular flexibility index (Phi) is 6.98. The van der Waals surface area contributed by atoms with Crippen LogP contribution in [0, 0.1) is 17.6 Å². The molecule has 0 radical (unpaired) electrons. The van der Waals surface area contributed by atoms with Gasteiger partial charge in [-0.15, -0.1) is 0 Å². The van der Waals surface area contributed by atoms with Crippen molar-refractivity contribution < 1.29 is 13.6 Å². The number of pyridine rings is 1. The quantitative estimate of drug-likeness (QED) is 0.456. The number of carbonyl (C=O) groups excluding carboxylic acids is 1. The van der Waals surface area contributed by atoms with Crippen LogP contribution in [0.3, 0.4) is 0 Å². The minimum Gasteiger partial charge on any atom is -0.377 e. The van der Waals surface area contributed by atoms with Gasteiger partial charge in [-0.05, 0) is 49.8 Å². The number of fused-ring (bicyclic) bond motifs is 1. The average Bonchev–Trinajstić information content (AvgIpc) is 2.80. The maximum atomic E-state index is 14.0. The van der Waals surface area contributed by atoms with E-state index in [1.165, 1.54) is 0 Å². The SMILES string of the molecule is CN(C)c1cc(N[C@H]2CC[C@@H](CNC(=O)c3c(F)ccc(F)c3Cl)CC2)nc2ccccc12. The largest absolute Gasteiger partial charge is 0.377 e. The molecule has 1 aromatic heterocycles. The van der Waals surface area contributed by atoms with E-state index in [2.05, 4.69) is 27.7 Å². The van der Waals surface area contributed by atoms with Gasteiger partial charge in [0.15, 0.2) is 0 Å². The maximum absolute atomic E-state index is 14.0. The Hall–Kier alpha value is -2.93. The smallest absolute Gasteiger partial charge is 0.255 e. The molecule has 1 aliphatic carbocycles. The summed E-state index contributed by atoms with van der Waals surface area (Å²) in [6.45, 7) is 0.400. The summed E-state index contributed by atoms with van der Waals surface area (Å²) in [6.07, 6.45) is 3.68. The Morgan fingerprint density at radius 3 is 2.52 bits per heavy atom. The molecule has 0 bridgehead atoms. The summed E-state index contributed by atoms with van der Waals surface area (Å²) in [5.41, 5.74) is 1.62. The maximum Gasteiger partial charge on any atom is 0.255 e. The molecule has 8 heteroatoms. The average molecular weight is 473 g/mol. The fraction of sp³-hybridized carbons (Fsp3) is 0.360. The first-order valence-corrected chi connectivity index (χ1v) is 11.5. The number of carbonyl (C=O) groups is 1. The molecule has 1 aliphatic rings. The van der Waals surface area contributed by atoms with E-state index in [9.17, 15) is 13.6 Å². The molecule has 0 unspecified atom stereocenters. The van der Waals surface area contributed by atoms with E-state index in [1.807, 2.05) is 32.3 Å². The third kappa shape index (κ3) is 5.19. The van der Waals surface area contributed by atoms with Crippen LogP contribution in [-0.4, -0.2) is 37.6 Å². The zero-order valence-electron chi connectivity index (χ0n) is 18.7. The van der Waals surface area contributed by atoms with E-state index in [0.717, 1.165) is 60.2 Å². The summed E-state index contributed by atoms with van der Waals surface area (Å²) in [5.74, 6) is -1.20. The number of rotatable bonds is 6. The number of aromatic nitrogens is 1. The second-order valence-corrected chi connectivity index (χ2v) is 9.11. The number of nitrogens with zero attached hydrogens (tertiary/aromatic N) is 2. The Morgan fingerprint density at radius 2 is 1.79 bits per heavy atom. The van der Waals surface area contributed by atoms with Gasteiger partial charge in [0.2, 0.25) is 0 Å². The molecule has 3 aromatic rings. The number of hydrogen-bond acceptors (Lipinski definition) is 4. The molecule has 5 nitrogen and oxygen atoms in total. The van der Waals surface area contributed by atoms with Gasteiger partial charge in [0, 0.05) is 43.8 Å². The first kappa shape index (κ1) is 23.2. The van der Waals surface area contributed by atoms with Crippen LogP contribution in [-0.2, 0) is 0 Å². The van der Waals surface area contributed by atoms with Crippen LogP contribution in [0.1, 0.15) is 36.0 Å². The van der Waals surface area contributed by atoms with Crippen molar-refractivity contribution in [2.24, 2.45) is 5.92 Å². The van der Waals surface area contributed by atoms with Gasteiger partial charge in [0.1, 0.15) is 17.5 Å². The molecule has 1 amide bonds. The van der Waals surface area contributed by atoms with Crippen molar-refractivity contribution in [1.29, 1.82) is 0 Å². The molecule has 2 N–H and O–H groups in total. The van der Waals surface area contributed by atoms with E-state index in [0.29, 0.717) is 6.54 Å². The lowest BCUT2D eigenvalue weighted by Gasteiger charge is -2.30. The molecule has 33 heavy (non-hydrogen) atoms. The van der Waals surface area contributed by atoms with Crippen LogP contribution in [0.2, 0.25) is 5.02 Å². The van der Waals surface area contributed by atoms with Crippen molar-refractivity contribution in [2.45, 2.75) is 31.7 Å². The predicted molar refractivity (Wildman–Crippen MR) is 129 cm³/mol. The summed E-state index contributed by atoms with van der Waals surface area (Å²) in [7, 11) is 4.04. The lowest BCUT2D eigenvalue weighted by Crippen LogP contribution is -2.34. The van der Waals surface area contributed by atoms with Crippen molar-refractivity contribution in [2.75, 3.05) is 30.9 Å². The van der Waals surface area contributed by atoms with E-state index < -0.39 is 28.1 Å². The standard InChI is InChI=1S/C25H27ClF2N4O/c1-32(2)21-13-22(31-20-6-4-3-5-17(20)21)30-16-9-7-15(8-10-16)14-29-25(33)23-18(27)11-12-19(28)24(23)26/h3-6,11-13,15-16H,7-10,14H2,1-2H3,(H,29,33)(H,30,31)/t15-,16+. The number of halogens is 3. The number of nitrogens with one attached hydrogen (secondary N) is 2. The molecular formula is C25H27ClF2N4O. The van der Waals surface area contributed by atoms with Gasteiger partial charge in [0.25, 0.3) is 5.91 Å². The molecule has 0 saturated heterocycles. The summed E-state index contributed by atoms with van der Waals surface area (Å²) < 4.78 is 27.5. The number of para-hydroxylation sites is 1. The van der Waals surface area contributed by atoms with Crippen LogP contribution in [0.15, 0.2) is 42.5 Å². The Morgan fingerprint density at radius 1 is 1.09 bits per heavy atom. The van der Waals surface area contributed by atoms with Gasteiger partial charge in [-0.3, -0.25) is 4.79 Å². The molecule has 0 atom stereocenters. The van der Waals surface area contributed by atoms with Gasteiger partial charge in [-0.1, -0.05) is 29.8 Å². The van der Waals surface area contributed by atoms with Crippen molar-refractivity contribution >= 4 is 39.9 Å². The van der Waals surface area contributed by atoms with Crippen LogP contribution >= 0.6 is 11.6 Å². The van der Waals surface area contributed by atoms with E-state index >= 15 is 0 Å².